The van der Waals surface area contributed by atoms with Crippen LogP contribution < -0.4 is 5.32 Å². The third kappa shape index (κ3) is 4.76. The molecule has 0 aliphatic carbocycles. The maximum absolute atomic E-state index is 13.2. The molecule has 1 N–H and O–H groups in total. The summed E-state index contributed by atoms with van der Waals surface area (Å²) in [6, 6.07) is 4.78. The molecule has 3 nitrogen and oxygen atoms in total. The van der Waals surface area contributed by atoms with Crippen LogP contribution in [-0.4, -0.2) is 32.5 Å². The zero-order valence-electron chi connectivity index (χ0n) is 12.1. The van der Waals surface area contributed by atoms with Gasteiger partial charge in [-0.1, -0.05) is 28.9 Å². The predicted molar refractivity (Wildman–Crippen MR) is 86.6 cm³/mol. The zero-order valence-corrected chi connectivity index (χ0v) is 14.5. The van der Waals surface area contributed by atoms with Crippen molar-refractivity contribution in [2.45, 2.75) is 32.2 Å². The van der Waals surface area contributed by atoms with Gasteiger partial charge in [-0.15, -0.1) is 0 Å². The van der Waals surface area contributed by atoms with Gasteiger partial charge in [-0.2, -0.15) is 0 Å². The number of sulfone groups is 1. The van der Waals surface area contributed by atoms with Gasteiger partial charge < -0.3 is 5.32 Å². The molecule has 6 heteroatoms. The minimum atomic E-state index is -2.89. The lowest BCUT2D eigenvalue weighted by atomic mass is 9.93. The van der Waals surface area contributed by atoms with Gasteiger partial charge in [0, 0.05) is 10.5 Å². The molecule has 2 unspecified atom stereocenters. The highest BCUT2D eigenvalue weighted by Crippen LogP contribution is 2.27. The van der Waals surface area contributed by atoms with Gasteiger partial charge >= 0.3 is 0 Å². The second-order valence-electron chi connectivity index (χ2n) is 5.66. The van der Waals surface area contributed by atoms with Crippen molar-refractivity contribution in [3.8, 4) is 0 Å². The molecule has 2 atom stereocenters. The normalized spacial score (nSPS) is 22.3. The second kappa shape index (κ2) is 7.20. The molecule has 1 aliphatic rings. The average molecular weight is 378 g/mol. The van der Waals surface area contributed by atoms with Crippen LogP contribution in [0.4, 0.5) is 4.39 Å². The van der Waals surface area contributed by atoms with Crippen LogP contribution in [0.1, 0.15) is 25.3 Å². The lowest BCUT2D eigenvalue weighted by Gasteiger charge is -2.24. The van der Waals surface area contributed by atoms with E-state index in [1.807, 2.05) is 0 Å². The standard InChI is InChI=1S/C15H21BrFNO2S/c1-2-6-18-15(12-5-7-21(19,20)10-12)8-11-3-4-13(17)9-14(11)16/h3-4,9,12,15,18H,2,5-8,10H2,1H3. The maximum Gasteiger partial charge on any atom is 0.150 e. The summed E-state index contributed by atoms with van der Waals surface area (Å²) in [5.41, 5.74) is 1.01. The van der Waals surface area contributed by atoms with E-state index in [9.17, 15) is 12.8 Å². The first-order valence-corrected chi connectivity index (χ1v) is 9.90. The van der Waals surface area contributed by atoms with Gasteiger partial charge in [0.1, 0.15) is 5.82 Å². The van der Waals surface area contributed by atoms with E-state index in [1.165, 1.54) is 12.1 Å². The van der Waals surface area contributed by atoms with E-state index in [0.29, 0.717) is 12.8 Å². The summed E-state index contributed by atoms with van der Waals surface area (Å²) in [4.78, 5) is 0. The molecular weight excluding hydrogens is 357 g/mol. The van der Waals surface area contributed by atoms with Crippen molar-refractivity contribution in [1.82, 2.24) is 5.32 Å². The molecule has 21 heavy (non-hydrogen) atoms. The summed E-state index contributed by atoms with van der Waals surface area (Å²) < 4.78 is 37.3. The van der Waals surface area contributed by atoms with Crippen LogP contribution in [0.5, 0.6) is 0 Å². The van der Waals surface area contributed by atoms with Crippen molar-refractivity contribution in [2.24, 2.45) is 5.92 Å². The Bertz CT molecular complexity index is 591. The summed E-state index contributed by atoms with van der Waals surface area (Å²) in [5.74, 6) is 0.408. The smallest absolute Gasteiger partial charge is 0.150 e. The quantitative estimate of drug-likeness (QED) is 0.828. The molecule has 0 saturated carbocycles. The molecule has 1 fully saturated rings. The third-order valence-electron chi connectivity index (χ3n) is 3.95. The fraction of sp³-hybridized carbons (Fsp3) is 0.600. The fourth-order valence-corrected chi connectivity index (χ4v) is 5.19. The number of hydrogen-bond donors (Lipinski definition) is 1. The second-order valence-corrected chi connectivity index (χ2v) is 8.75. The lowest BCUT2D eigenvalue weighted by molar-refractivity contribution is 0.379. The molecule has 0 radical (unpaired) electrons. The highest BCUT2D eigenvalue weighted by Gasteiger charge is 2.33. The summed E-state index contributed by atoms with van der Waals surface area (Å²) >= 11 is 3.39. The van der Waals surface area contributed by atoms with Gasteiger partial charge in [0.05, 0.1) is 11.5 Å². The summed E-state index contributed by atoms with van der Waals surface area (Å²) in [7, 11) is -2.89. The Labute approximate surface area is 134 Å². The van der Waals surface area contributed by atoms with Crippen LogP contribution in [0.15, 0.2) is 22.7 Å². The predicted octanol–water partition coefficient (Wildman–Crippen LogP) is 2.93. The monoisotopic (exact) mass is 377 g/mol. The summed E-state index contributed by atoms with van der Waals surface area (Å²) in [6.45, 7) is 2.95. The van der Waals surface area contributed by atoms with Crippen molar-refractivity contribution in [3.05, 3.63) is 34.1 Å². The van der Waals surface area contributed by atoms with Crippen molar-refractivity contribution in [1.29, 1.82) is 0 Å². The highest BCUT2D eigenvalue weighted by molar-refractivity contribution is 9.10. The fourth-order valence-electron chi connectivity index (χ4n) is 2.80. The van der Waals surface area contributed by atoms with E-state index < -0.39 is 9.84 Å². The summed E-state index contributed by atoms with van der Waals surface area (Å²) in [5, 5.41) is 3.46. The molecule has 0 amide bonds. The first-order chi connectivity index (χ1) is 9.91. The SMILES string of the molecule is CCCNC(Cc1ccc(F)cc1Br)C1CCS(=O)(=O)C1. The topological polar surface area (TPSA) is 46.2 Å². The first kappa shape index (κ1) is 16.9. The molecule has 1 saturated heterocycles. The lowest BCUT2D eigenvalue weighted by Crippen LogP contribution is -2.39. The molecule has 1 aromatic carbocycles. The zero-order chi connectivity index (χ0) is 15.5. The molecule has 118 valence electrons. The third-order valence-corrected chi connectivity index (χ3v) is 6.48. The van der Waals surface area contributed by atoms with Crippen LogP contribution in [0, 0.1) is 11.7 Å². The first-order valence-electron chi connectivity index (χ1n) is 7.29. The molecule has 0 aromatic heterocycles. The minimum Gasteiger partial charge on any atom is -0.313 e. The minimum absolute atomic E-state index is 0.115. The average Bonchev–Trinajstić information content (AvgIpc) is 2.77. The summed E-state index contributed by atoms with van der Waals surface area (Å²) in [6.07, 6.45) is 2.42. The number of nitrogens with one attached hydrogen (secondary N) is 1. The van der Waals surface area contributed by atoms with Gasteiger partial charge in [0.25, 0.3) is 0 Å². The van der Waals surface area contributed by atoms with Gasteiger partial charge in [0.15, 0.2) is 9.84 Å². The molecule has 1 aromatic rings. The number of rotatable bonds is 6. The van der Waals surface area contributed by atoms with E-state index in [2.05, 4.69) is 28.2 Å². The number of benzene rings is 1. The Morgan fingerprint density at radius 1 is 1.48 bits per heavy atom. The number of hydrogen-bond acceptors (Lipinski definition) is 3. The molecule has 1 heterocycles. The van der Waals surface area contributed by atoms with E-state index in [0.717, 1.165) is 23.0 Å². The highest BCUT2D eigenvalue weighted by atomic mass is 79.9. The Morgan fingerprint density at radius 3 is 2.81 bits per heavy atom. The molecule has 2 rings (SSSR count). The molecule has 0 spiro atoms. The van der Waals surface area contributed by atoms with E-state index in [4.69, 9.17) is 0 Å². The van der Waals surface area contributed by atoms with Gasteiger partial charge in [-0.3, -0.25) is 0 Å². The molecule has 0 bridgehead atoms. The van der Waals surface area contributed by atoms with Crippen molar-refractivity contribution in [3.63, 3.8) is 0 Å². The van der Waals surface area contributed by atoms with Crippen LogP contribution in [0.2, 0.25) is 0 Å². The van der Waals surface area contributed by atoms with E-state index >= 15 is 0 Å². The van der Waals surface area contributed by atoms with Gasteiger partial charge in [-0.25, -0.2) is 12.8 Å². The van der Waals surface area contributed by atoms with Crippen molar-refractivity contribution < 1.29 is 12.8 Å². The van der Waals surface area contributed by atoms with Crippen molar-refractivity contribution >= 4 is 25.8 Å². The van der Waals surface area contributed by atoms with Crippen molar-refractivity contribution in [2.75, 3.05) is 18.1 Å². The van der Waals surface area contributed by atoms with E-state index in [-0.39, 0.29) is 29.3 Å². The van der Waals surface area contributed by atoms with Gasteiger partial charge in [-0.05, 0) is 49.4 Å². The molecule has 1 aliphatic heterocycles. The van der Waals surface area contributed by atoms with Gasteiger partial charge in [0.2, 0.25) is 0 Å². The van der Waals surface area contributed by atoms with Crippen LogP contribution in [-0.2, 0) is 16.3 Å². The molecular formula is C15H21BrFNO2S. The Kier molecular flexibility index (Phi) is 5.80. The Balaban J connectivity index is 2.12. The largest absolute Gasteiger partial charge is 0.313 e. The van der Waals surface area contributed by atoms with Crippen LogP contribution in [0.3, 0.4) is 0 Å². The van der Waals surface area contributed by atoms with E-state index in [1.54, 1.807) is 6.07 Å². The number of halogens is 2. The maximum atomic E-state index is 13.2. The Hall–Kier alpha value is -0.460. The Morgan fingerprint density at radius 2 is 2.24 bits per heavy atom. The van der Waals surface area contributed by atoms with Crippen LogP contribution in [0.25, 0.3) is 0 Å². The van der Waals surface area contributed by atoms with Crippen LogP contribution >= 0.6 is 15.9 Å².